The standard InChI is InChI=1S/C20H23N5O2/c1-27-19-11-9-16(10-12-19)6-5-13-21-20(26)22-14-17-15-25(24-23-17)18-7-3-2-4-8-18/h2-4,7-12,15H,5-6,13-14H2,1H3,(H2,21,22,26). The van der Waals surface area contributed by atoms with Gasteiger partial charge in [-0.25, -0.2) is 9.48 Å². The number of carbonyl (C=O) groups excluding carboxylic acids is 1. The van der Waals surface area contributed by atoms with Gasteiger partial charge in [0.1, 0.15) is 11.4 Å². The molecule has 3 rings (SSSR count). The second kappa shape index (κ2) is 9.38. The Labute approximate surface area is 158 Å². The Balaban J connectivity index is 1.35. The van der Waals surface area contributed by atoms with Gasteiger partial charge in [0.05, 0.1) is 25.5 Å². The summed E-state index contributed by atoms with van der Waals surface area (Å²) < 4.78 is 6.82. The summed E-state index contributed by atoms with van der Waals surface area (Å²) in [7, 11) is 1.65. The van der Waals surface area contributed by atoms with Crippen molar-refractivity contribution in [2.24, 2.45) is 0 Å². The van der Waals surface area contributed by atoms with E-state index in [0.717, 1.165) is 24.3 Å². The first-order valence-corrected chi connectivity index (χ1v) is 8.86. The van der Waals surface area contributed by atoms with Crippen molar-refractivity contribution in [1.82, 2.24) is 25.6 Å². The number of hydrogen-bond donors (Lipinski definition) is 2. The van der Waals surface area contributed by atoms with E-state index in [2.05, 4.69) is 20.9 Å². The maximum Gasteiger partial charge on any atom is 0.315 e. The molecule has 7 nitrogen and oxygen atoms in total. The summed E-state index contributed by atoms with van der Waals surface area (Å²) in [6.07, 6.45) is 3.57. The first-order valence-electron chi connectivity index (χ1n) is 8.86. The summed E-state index contributed by atoms with van der Waals surface area (Å²) in [5.74, 6) is 0.848. The quantitative estimate of drug-likeness (QED) is 0.602. The van der Waals surface area contributed by atoms with Gasteiger partial charge in [0.15, 0.2) is 0 Å². The van der Waals surface area contributed by atoms with Crippen molar-refractivity contribution in [2.45, 2.75) is 19.4 Å². The summed E-state index contributed by atoms with van der Waals surface area (Å²) >= 11 is 0. The largest absolute Gasteiger partial charge is 0.497 e. The van der Waals surface area contributed by atoms with E-state index < -0.39 is 0 Å². The number of nitrogens with one attached hydrogen (secondary N) is 2. The number of ether oxygens (including phenoxy) is 1. The van der Waals surface area contributed by atoms with Crippen LogP contribution in [-0.4, -0.2) is 34.7 Å². The number of amides is 2. The minimum Gasteiger partial charge on any atom is -0.497 e. The molecule has 2 amide bonds. The highest BCUT2D eigenvalue weighted by atomic mass is 16.5. The monoisotopic (exact) mass is 365 g/mol. The van der Waals surface area contributed by atoms with Crippen molar-refractivity contribution in [3.05, 3.63) is 72.1 Å². The van der Waals surface area contributed by atoms with Gasteiger partial charge in [-0.05, 0) is 42.7 Å². The number of nitrogens with zero attached hydrogens (tertiary/aromatic N) is 3. The number of urea groups is 1. The number of aromatic nitrogens is 3. The molecule has 0 saturated heterocycles. The van der Waals surface area contributed by atoms with Crippen molar-refractivity contribution < 1.29 is 9.53 Å². The Morgan fingerprint density at radius 2 is 1.85 bits per heavy atom. The van der Waals surface area contributed by atoms with E-state index in [4.69, 9.17) is 4.74 Å². The molecule has 0 bridgehead atoms. The molecule has 1 heterocycles. The highest BCUT2D eigenvalue weighted by molar-refractivity contribution is 5.73. The summed E-state index contributed by atoms with van der Waals surface area (Å²) in [5, 5.41) is 13.8. The van der Waals surface area contributed by atoms with Crippen LogP contribution in [0.15, 0.2) is 60.8 Å². The molecule has 1 aromatic heterocycles. The van der Waals surface area contributed by atoms with Crippen LogP contribution in [0.1, 0.15) is 17.7 Å². The van der Waals surface area contributed by atoms with E-state index in [-0.39, 0.29) is 6.03 Å². The molecule has 7 heteroatoms. The second-order valence-corrected chi connectivity index (χ2v) is 6.05. The molecule has 0 fully saturated rings. The van der Waals surface area contributed by atoms with Crippen LogP contribution in [0.3, 0.4) is 0 Å². The van der Waals surface area contributed by atoms with Crippen molar-refractivity contribution in [3.63, 3.8) is 0 Å². The first kappa shape index (κ1) is 18.4. The lowest BCUT2D eigenvalue weighted by Crippen LogP contribution is -2.35. The van der Waals surface area contributed by atoms with E-state index in [0.29, 0.717) is 18.8 Å². The number of rotatable bonds is 8. The molecule has 0 aliphatic rings. The summed E-state index contributed by atoms with van der Waals surface area (Å²) in [5.41, 5.74) is 2.85. The van der Waals surface area contributed by atoms with Crippen molar-refractivity contribution in [3.8, 4) is 11.4 Å². The van der Waals surface area contributed by atoms with Gasteiger partial charge in [0.25, 0.3) is 0 Å². The molecule has 0 aliphatic carbocycles. The van der Waals surface area contributed by atoms with E-state index in [1.807, 2.05) is 54.6 Å². The van der Waals surface area contributed by atoms with Crippen LogP contribution in [0.25, 0.3) is 5.69 Å². The highest BCUT2D eigenvalue weighted by Gasteiger charge is 2.05. The molecule has 0 saturated carbocycles. The fourth-order valence-electron chi connectivity index (χ4n) is 2.61. The van der Waals surface area contributed by atoms with Gasteiger partial charge in [-0.3, -0.25) is 0 Å². The van der Waals surface area contributed by atoms with E-state index in [1.165, 1.54) is 5.56 Å². The van der Waals surface area contributed by atoms with Crippen LogP contribution in [0.2, 0.25) is 0 Å². The molecule has 0 radical (unpaired) electrons. The van der Waals surface area contributed by atoms with Crippen LogP contribution in [0, 0.1) is 0 Å². The molecule has 0 unspecified atom stereocenters. The molecule has 27 heavy (non-hydrogen) atoms. The first-order chi connectivity index (χ1) is 13.2. The van der Waals surface area contributed by atoms with Crippen LogP contribution in [0.4, 0.5) is 4.79 Å². The lowest BCUT2D eigenvalue weighted by molar-refractivity contribution is 0.240. The Bertz CT molecular complexity index is 846. The number of benzene rings is 2. The smallest absolute Gasteiger partial charge is 0.315 e. The van der Waals surface area contributed by atoms with Gasteiger partial charge >= 0.3 is 6.03 Å². The summed E-state index contributed by atoms with van der Waals surface area (Å²) in [6.45, 7) is 0.936. The number of carbonyl (C=O) groups is 1. The van der Waals surface area contributed by atoms with Gasteiger partial charge in [0, 0.05) is 6.54 Å². The SMILES string of the molecule is COc1ccc(CCCNC(=O)NCc2cn(-c3ccccc3)nn2)cc1. The van der Waals surface area contributed by atoms with E-state index in [1.54, 1.807) is 18.0 Å². The third kappa shape index (κ3) is 5.57. The van der Waals surface area contributed by atoms with Gasteiger partial charge in [-0.1, -0.05) is 35.5 Å². The summed E-state index contributed by atoms with van der Waals surface area (Å²) in [4.78, 5) is 11.9. The topological polar surface area (TPSA) is 81.1 Å². The maximum absolute atomic E-state index is 11.9. The molecular weight excluding hydrogens is 342 g/mol. The van der Waals surface area contributed by atoms with Crippen molar-refractivity contribution >= 4 is 6.03 Å². The van der Waals surface area contributed by atoms with Gasteiger partial charge in [0.2, 0.25) is 0 Å². The van der Waals surface area contributed by atoms with Gasteiger partial charge < -0.3 is 15.4 Å². The Kier molecular flexibility index (Phi) is 6.40. The summed E-state index contributed by atoms with van der Waals surface area (Å²) in [6, 6.07) is 17.5. The van der Waals surface area contributed by atoms with E-state index >= 15 is 0 Å². The molecule has 140 valence electrons. The van der Waals surface area contributed by atoms with Gasteiger partial charge in [-0.2, -0.15) is 0 Å². The average molecular weight is 365 g/mol. The van der Waals surface area contributed by atoms with Crippen LogP contribution >= 0.6 is 0 Å². The van der Waals surface area contributed by atoms with E-state index in [9.17, 15) is 4.79 Å². The Morgan fingerprint density at radius 1 is 1.07 bits per heavy atom. The molecule has 3 aromatic rings. The van der Waals surface area contributed by atoms with Crippen LogP contribution in [-0.2, 0) is 13.0 Å². The fourth-order valence-corrected chi connectivity index (χ4v) is 2.61. The number of para-hydroxylation sites is 1. The highest BCUT2D eigenvalue weighted by Crippen LogP contribution is 2.12. The van der Waals surface area contributed by atoms with Crippen LogP contribution < -0.4 is 15.4 Å². The third-order valence-electron chi connectivity index (χ3n) is 4.08. The zero-order valence-electron chi connectivity index (χ0n) is 15.3. The Morgan fingerprint density at radius 3 is 2.59 bits per heavy atom. The average Bonchev–Trinajstić information content (AvgIpc) is 3.20. The van der Waals surface area contributed by atoms with Crippen molar-refractivity contribution in [1.29, 1.82) is 0 Å². The predicted molar refractivity (Wildman–Crippen MR) is 103 cm³/mol. The maximum atomic E-state index is 11.9. The zero-order valence-corrected chi connectivity index (χ0v) is 15.3. The van der Waals surface area contributed by atoms with Crippen LogP contribution in [0.5, 0.6) is 5.75 Å². The number of aryl methyl sites for hydroxylation is 1. The fraction of sp³-hybridized carbons (Fsp3) is 0.250. The van der Waals surface area contributed by atoms with Crippen molar-refractivity contribution in [2.75, 3.05) is 13.7 Å². The Hall–Kier alpha value is -3.35. The zero-order chi connectivity index (χ0) is 18.9. The molecule has 2 N–H and O–H groups in total. The van der Waals surface area contributed by atoms with Gasteiger partial charge in [-0.15, -0.1) is 5.10 Å². The lowest BCUT2D eigenvalue weighted by Gasteiger charge is -2.07. The predicted octanol–water partition coefficient (Wildman–Crippen LogP) is 2.71. The third-order valence-corrected chi connectivity index (χ3v) is 4.08. The minimum atomic E-state index is -0.209. The number of hydrogen-bond acceptors (Lipinski definition) is 4. The molecular formula is C20H23N5O2. The second-order valence-electron chi connectivity index (χ2n) is 6.05. The lowest BCUT2D eigenvalue weighted by atomic mass is 10.1. The molecule has 0 aliphatic heterocycles. The number of methoxy groups -OCH3 is 1. The molecule has 0 atom stereocenters. The normalized spacial score (nSPS) is 10.4. The molecule has 0 spiro atoms. The minimum absolute atomic E-state index is 0.209. The molecule has 2 aromatic carbocycles.